The van der Waals surface area contributed by atoms with Crippen molar-refractivity contribution in [1.29, 1.82) is 0 Å². The van der Waals surface area contributed by atoms with Gasteiger partial charge in [-0.2, -0.15) is 0 Å². The summed E-state index contributed by atoms with van der Waals surface area (Å²) in [5, 5.41) is 2.34. The summed E-state index contributed by atoms with van der Waals surface area (Å²) in [6.45, 7) is 5.36. The minimum atomic E-state index is -0.378. The van der Waals surface area contributed by atoms with Gasteiger partial charge in [-0.25, -0.2) is 9.78 Å². The SMILES string of the molecule is CC(=O)N(c1ccccc1)c1nc(COC(=O)c2cc(C)ccc2C)cs1. The smallest absolute Gasteiger partial charge is 0.338 e. The molecule has 0 aliphatic carbocycles. The average Bonchev–Trinajstić information content (AvgIpc) is 3.11. The summed E-state index contributed by atoms with van der Waals surface area (Å²) in [5.74, 6) is -0.508. The molecule has 1 amide bonds. The number of carbonyl (C=O) groups is 2. The van der Waals surface area contributed by atoms with Crippen molar-refractivity contribution >= 4 is 34.0 Å². The quantitative estimate of drug-likeness (QED) is 0.597. The lowest BCUT2D eigenvalue weighted by molar-refractivity contribution is -0.115. The van der Waals surface area contributed by atoms with Crippen LogP contribution in [0.15, 0.2) is 53.9 Å². The topological polar surface area (TPSA) is 59.5 Å². The molecule has 0 N–H and O–H groups in total. The number of hydrogen-bond donors (Lipinski definition) is 0. The van der Waals surface area contributed by atoms with Gasteiger partial charge in [0.15, 0.2) is 5.13 Å². The number of carbonyl (C=O) groups excluding carboxylic acids is 2. The van der Waals surface area contributed by atoms with Gasteiger partial charge in [0.25, 0.3) is 0 Å². The van der Waals surface area contributed by atoms with Gasteiger partial charge >= 0.3 is 5.97 Å². The van der Waals surface area contributed by atoms with Crippen LogP contribution in [0.3, 0.4) is 0 Å². The Kier molecular flexibility index (Phi) is 5.66. The fraction of sp³-hybridized carbons (Fsp3) is 0.190. The summed E-state index contributed by atoms with van der Waals surface area (Å²) in [4.78, 5) is 30.4. The molecule has 0 atom stereocenters. The van der Waals surface area contributed by atoms with E-state index < -0.39 is 0 Å². The summed E-state index contributed by atoms with van der Waals surface area (Å²) in [7, 11) is 0. The third kappa shape index (κ3) is 4.41. The highest BCUT2D eigenvalue weighted by Crippen LogP contribution is 2.29. The van der Waals surface area contributed by atoms with Crippen molar-refractivity contribution in [2.75, 3.05) is 4.90 Å². The number of aromatic nitrogens is 1. The second-order valence-electron chi connectivity index (χ2n) is 6.21. The van der Waals surface area contributed by atoms with Crippen molar-refractivity contribution in [3.63, 3.8) is 0 Å². The average molecular weight is 380 g/mol. The van der Waals surface area contributed by atoms with Crippen molar-refractivity contribution in [2.24, 2.45) is 0 Å². The van der Waals surface area contributed by atoms with E-state index in [4.69, 9.17) is 4.74 Å². The predicted molar refractivity (Wildman–Crippen MR) is 106 cm³/mol. The van der Waals surface area contributed by atoms with E-state index in [0.717, 1.165) is 16.8 Å². The molecule has 5 nitrogen and oxygen atoms in total. The Morgan fingerprint density at radius 2 is 1.85 bits per heavy atom. The number of para-hydroxylation sites is 1. The molecule has 3 aromatic rings. The maximum Gasteiger partial charge on any atom is 0.338 e. The third-order valence-electron chi connectivity index (χ3n) is 4.02. The van der Waals surface area contributed by atoms with Gasteiger partial charge < -0.3 is 4.74 Å². The maximum absolute atomic E-state index is 12.4. The summed E-state index contributed by atoms with van der Waals surface area (Å²) in [5.41, 5.74) is 3.79. The minimum Gasteiger partial charge on any atom is -0.456 e. The van der Waals surface area contributed by atoms with Gasteiger partial charge in [0, 0.05) is 12.3 Å². The van der Waals surface area contributed by atoms with Crippen LogP contribution in [0.25, 0.3) is 0 Å². The number of ether oxygens (including phenoxy) is 1. The van der Waals surface area contributed by atoms with Crippen LogP contribution < -0.4 is 4.90 Å². The van der Waals surface area contributed by atoms with Crippen LogP contribution in [-0.2, 0) is 16.1 Å². The Bertz CT molecular complexity index is 967. The molecule has 27 heavy (non-hydrogen) atoms. The van der Waals surface area contributed by atoms with Crippen LogP contribution in [0.2, 0.25) is 0 Å². The van der Waals surface area contributed by atoms with Gasteiger partial charge in [-0.1, -0.05) is 35.9 Å². The van der Waals surface area contributed by atoms with Gasteiger partial charge in [0.1, 0.15) is 6.61 Å². The number of benzene rings is 2. The molecule has 0 radical (unpaired) electrons. The molecule has 0 saturated carbocycles. The number of rotatable bonds is 5. The summed E-state index contributed by atoms with van der Waals surface area (Å²) >= 11 is 1.34. The van der Waals surface area contributed by atoms with E-state index >= 15 is 0 Å². The molecule has 0 aliphatic rings. The van der Waals surface area contributed by atoms with Crippen molar-refractivity contribution in [3.8, 4) is 0 Å². The van der Waals surface area contributed by atoms with Crippen LogP contribution in [0.1, 0.15) is 34.1 Å². The summed E-state index contributed by atoms with van der Waals surface area (Å²) in [6, 6.07) is 15.0. The van der Waals surface area contributed by atoms with E-state index in [9.17, 15) is 9.59 Å². The Morgan fingerprint density at radius 1 is 1.11 bits per heavy atom. The number of thiazole rings is 1. The van der Waals surface area contributed by atoms with Crippen LogP contribution in [-0.4, -0.2) is 16.9 Å². The minimum absolute atomic E-state index is 0.0588. The van der Waals surface area contributed by atoms with Crippen molar-refractivity contribution in [2.45, 2.75) is 27.4 Å². The monoisotopic (exact) mass is 380 g/mol. The Balaban J connectivity index is 1.73. The first-order chi connectivity index (χ1) is 13.0. The molecule has 6 heteroatoms. The van der Waals surface area contributed by atoms with Crippen LogP contribution in [0.5, 0.6) is 0 Å². The standard InChI is InChI=1S/C21H20N2O3S/c1-14-9-10-15(2)19(11-14)20(25)26-12-17-13-27-21(22-17)23(16(3)24)18-7-5-4-6-8-18/h4-11,13H,12H2,1-3H3. The number of esters is 1. The molecule has 1 aromatic heterocycles. The molecular formula is C21H20N2O3S. The van der Waals surface area contributed by atoms with Gasteiger partial charge in [-0.05, 0) is 37.6 Å². The maximum atomic E-state index is 12.4. The number of nitrogens with zero attached hydrogens (tertiary/aromatic N) is 2. The van der Waals surface area contributed by atoms with Crippen LogP contribution in [0, 0.1) is 13.8 Å². The van der Waals surface area contributed by atoms with Gasteiger partial charge in [0.05, 0.1) is 16.9 Å². The first kappa shape index (κ1) is 18.8. The van der Waals surface area contributed by atoms with E-state index in [-0.39, 0.29) is 18.5 Å². The highest BCUT2D eigenvalue weighted by atomic mass is 32.1. The van der Waals surface area contributed by atoms with E-state index in [1.54, 1.807) is 10.3 Å². The molecule has 0 aliphatic heterocycles. The zero-order chi connectivity index (χ0) is 19.4. The number of aryl methyl sites for hydroxylation is 2. The van der Waals surface area contributed by atoms with E-state index in [0.29, 0.717) is 16.4 Å². The molecule has 0 spiro atoms. The fourth-order valence-corrected chi connectivity index (χ4v) is 3.51. The molecule has 2 aromatic carbocycles. The summed E-state index contributed by atoms with van der Waals surface area (Å²) < 4.78 is 5.41. The van der Waals surface area contributed by atoms with Gasteiger partial charge in [0.2, 0.25) is 5.91 Å². The second kappa shape index (κ2) is 8.14. The first-order valence-corrected chi connectivity index (χ1v) is 9.38. The fourth-order valence-electron chi connectivity index (χ4n) is 2.64. The lowest BCUT2D eigenvalue weighted by Gasteiger charge is -2.17. The molecule has 138 valence electrons. The first-order valence-electron chi connectivity index (χ1n) is 8.50. The molecule has 0 bridgehead atoms. The third-order valence-corrected chi connectivity index (χ3v) is 4.90. The van der Waals surface area contributed by atoms with Crippen LogP contribution in [0.4, 0.5) is 10.8 Å². The largest absolute Gasteiger partial charge is 0.456 e. The Morgan fingerprint density at radius 3 is 2.56 bits per heavy atom. The molecule has 1 heterocycles. The lowest BCUT2D eigenvalue weighted by atomic mass is 10.1. The second-order valence-corrected chi connectivity index (χ2v) is 7.04. The van der Waals surface area contributed by atoms with Crippen molar-refractivity contribution in [1.82, 2.24) is 4.98 Å². The van der Waals surface area contributed by atoms with E-state index in [1.807, 2.05) is 62.4 Å². The van der Waals surface area contributed by atoms with Gasteiger partial charge in [-0.3, -0.25) is 9.69 Å². The lowest BCUT2D eigenvalue weighted by Crippen LogP contribution is -2.22. The highest BCUT2D eigenvalue weighted by Gasteiger charge is 2.18. The highest BCUT2D eigenvalue weighted by molar-refractivity contribution is 7.14. The number of amides is 1. The Labute approximate surface area is 162 Å². The van der Waals surface area contributed by atoms with Gasteiger partial charge in [-0.15, -0.1) is 11.3 Å². The normalized spacial score (nSPS) is 10.5. The van der Waals surface area contributed by atoms with E-state index in [1.165, 1.54) is 18.3 Å². The van der Waals surface area contributed by atoms with Crippen LogP contribution >= 0.6 is 11.3 Å². The number of anilines is 2. The Hall–Kier alpha value is -2.99. The number of hydrogen-bond acceptors (Lipinski definition) is 5. The molecule has 3 rings (SSSR count). The zero-order valence-electron chi connectivity index (χ0n) is 15.4. The molecule has 0 unspecified atom stereocenters. The van der Waals surface area contributed by atoms with Crippen molar-refractivity contribution in [3.05, 3.63) is 76.3 Å². The molecular weight excluding hydrogens is 360 g/mol. The molecule has 0 fully saturated rings. The predicted octanol–water partition coefficient (Wildman–Crippen LogP) is 4.80. The van der Waals surface area contributed by atoms with E-state index in [2.05, 4.69) is 4.98 Å². The van der Waals surface area contributed by atoms with Crippen molar-refractivity contribution < 1.29 is 14.3 Å². The molecule has 0 saturated heterocycles. The summed E-state index contributed by atoms with van der Waals surface area (Å²) in [6.07, 6.45) is 0. The zero-order valence-corrected chi connectivity index (χ0v) is 16.2.